The van der Waals surface area contributed by atoms with Gasteiger partial charge in [0.25, 0.3) is 0 Å². The predicted octanol–water partition coefficient (Wildman–Crippen LogP) is 4.71. The van der Waals surface area contributed by atoms with Crippen molar-refractivity contribution in [1.29, 1.82) is 0 Å². The smallest absolute Gasteiger partial charge is 0.0785 e. The van der Waals surface area contributed by atoms with E-state index in [1.54, 1.807) is 6.07 Å². The fraction of sp³-hybridized carbons (Fsp3) is 0.333. The van der Waals surface area contributed by atoms with E-state index in [1.807, 2.05) is 6.07 Å². The Balaban J connectivity index is 2.33. The minimum atomic E-state index is 0.404. The van der Waals surface area contributed by atoms with E-state index in [2.05, 4.69) is 11.5 Å². The Labute approximate surface area is 111 Å². The van der Waals surface area contributed by atoms with Gasteiger partial charge in [0.2, 0.25) is 0 Å². The van der Waals surface area contributed by atoms with Gasteiger partial charge in [0, 0.05) is 24.4 Å². The third kappa shape index (κ3) is 2.17. The molecule has 0 N–H and O–H groups in total. The van der Waals surface area contributed by atoms with E-state index in [0.717, 1.165) is 24.4 Å². The first kappa shape index (κ1) is 12.1. The minimum absolute atomic E-state index is 0.404. The molecule has 1 aliphatic heterocycles. The molecule has 1 aromatic rings. The summed E-state index contributed by atoms with van der Waals surface area (Å²) in [6, 6.07) is 3.63. The molecule has 0 spiro atoms. The van der Waals surface area contributed by atoms with Crippen LogP contribution in [0.25, 0.3) is 5.70 Å². The molecule has 0 bridgehead atoms. The standard InChI is InChI=1S/C12H12Cl3N/c1-8(16-6-2-3-7-16)9-4-5-10(13)12(15)11(9)14/h4-5H,1-3,6-7H2. The second-order valence-electron chi connectivity index (χ2n) is 3.86. The fourth-order valence-electron chi connectivity index (χ4n) is 1.91. The molecular weight excluding hydrogens is 264 g/mol. The zero-order chi connectivity index (χ0) is 11.7. The molecule has 0 radical (unpaired) electrons. The molecule has 86 valence electrons. The summed E-state index contributed by atoms with van der Waals surface area (Å²) in [5.74, 6) is 0. The van der Waals surface area contributed by atoms with E-state index in [9.17, 15) is 0 Å². The quantitative estimate of drug-likeness (QED) is 0.707. The Bertz CT molecular complexity index is 423. The number of rotatable bonds is 2. The van der Waals surface area contributed by atoms with Crippen LogP contribution in [0, 0.1) is 0 Å². The molecule has 1 fully saturated rings. The zero-order valence-electron chi connectivity index (χ0n) is 8.77. The second kappa shape index (κ2) is 4.87. The highest BCUT2D eigenvalue weighted by atomic mass is 35.5. The number of nitrogens with zero attached hydrogens (tertiary/aromatic N) is 1. The van der Waals surface area contributed by atoms with Crippen molar-refractivity contribution in [2.24, 2.45) is 0 Å². The lowest BCUT2D eigenvalue weighted by molar-refractivity contribution is 0.494. The van der Waals surface area contributed by atoms with Gasteiger partial charge in [-0.3, -0.25) is 0 Å². The molecule has 4 heteroatoms. The molecular formula is C12H12Cl3N. The molecule has 0 amide bonds. The minimum Gasteiger partial charge on any atom is -0.371 e. The van der Waals surface area contributed by atoms with Crippen molar-refractivity contribution in [3.05, 3.63) is 39.3 Å². The summed E-state index contributed by atoms with van der Waals surface area (Å²) in [5.41, 5.74) is 1.80. The molecule has 0 saturated carbocycles. The molecule has 0 unspecified atom stereocenters. The van der Waals surface area contributed by atoms with E-state index >= 15 is 0 Å². The highest BCUT2D eigenvalue weighted by molar-refractivity contribution is 6.48. The fourth-order valence-corrected chi connectivity index (χ4v) is 2.55. The van der Waals surface area contributed by atoms with Crippen LogP contribution in [0.15, 0.2) is 18.7 Å². The normalized spacial score (nSPS) is 15.6. The Morgan fingerprint density at radius 3 is 2.31 bits per heavy atom. The van der Waals surface area contributed by atoms with E-state index in [-0.39, 0.29) is 0 Å². The van der Waals surface area contributed by atoms with Gasteiger partial charge >= 0.3 is 0 Å². The van der Waals surface area contributed by atoms with Gasteiger partial charge in [0.1, 0.15) is 0 Å². The van der Waals surface area contributed by atoms with Crippen LogP contribution >= 0.6 is 34.8 Å². The van der Waals surface area contributed by atoms with Crippen molar-refractivity contribution in [2.45, 2.75) is 12.8 Å². The summed E-state index contributed by atoms with van der Waals surface area (Å²) >= 11 is 18.1. The molecule has 0 aliphatic carbocycles. The van der Waals surface area contributed by atoms with Crippen LogP contribution in [0.2, 0.25) is 15.1 Å². The summed E-state index contributed by atoms with van der Waals surface area (Å²) in [4.78, 5) is 2.23. The first-order valence-corrected chi connectivity index (χ1v) is 6.32. The molecule has 16 heavy (non-hydrogen) atoms. The van der Waals surface area contributed by atoms with Gasteiger partial charge in [0.05, 0.1) is 15.1 Å². The van der Waals surface area contributed by atoms with Gasteiger partial charge in [-0.05, 0) is 25.0 Å². The highest BCUT2D eigenvalue weighted by Crippen LogP contribution is 2.36. The number of halogens is 3. The Morgan fingerprint density at radius 1 is 1.06 bits per heavy atom. The van der Waals surface area contributed by atoms with Crippen molar-refractivity contribution in [3.8, 4) is 0 Å². The first-order chi connectivity index (χ1) is 7.61. The van der Waals surface area contributed by atoms with Crippen molar-refractivity contribution >= 4 is 40.5 Å². The SMILES string of the molecule is C=C(c1ccc(Cl)c(Cl)c1Cl)N1CCCC1. The highest BCUT2D eigenvalue weighted by Gasteiger charge is 2.18. The maximum absolute atomic E-state index is 6.17. The van der Waals surface area contributed by atoms with Crippen LogP contribution in [0.1, 0.15) is 18.4 Å². The van der Waals surface area contributed by atoms with Crippen LogP contribution < -0.4 is 0 Å². The number of hydrogen-bond donors (Lipinski definition) is 0. The lowest BCUT2D eigenvalue weighted by atomic mass is 10.1. The van der Waals surface area contributed by atoms with Gasteiger partial charge in [-0.15, -0.1) is 0 Å². The van der Waals surface area contributed by atoms with Gasteiger partial charge in [-0.25, -0.2) is 0 Å². The number of benzene rings is 1. The Morgan fingerprint density at radius 2 is 1.69 bits per heavy atom. The van der Waals surface area contributed by atoms with Crippen molar-refractivity contribution in [3.63, 3.8) is 0 Å². The summed E-state index contributed by atoms with van der Waals surface area (Å²) in [6.45, 7) is 6.15. The molecule has 0 atom stereocenters. The van der Waals surface area contributed by atoms with Crippen molar-refractivity contribution in [2.75, 3.05) is 13.1 Å². The molecule has 1 aromatic carbocycles. The summed E-state index contributed by atoms with van der Waals surface area (Å²) in [7, 11) is 0. The van der Waals surface area contributed by atoms with E-state index < -0.39 is 0 Å². The summed E-state index contributed by atoms with van der Waals surface area (Å²) in [6.07, 6.45) is 2.41. The van der Waals surface area contributed by atoms with Crippen LogP contribution in [0.4, 0.5) is 0 Å². The first-order valence-electron chi connectivity index (χ1n) is 5.19. The molecule has 1 aliphatic rings. The second-order valence-corrected chi connectivity index (χ2v) is 5.03. The largest absolute Gasteiger partial charge is 0.371 e. The Hall–Kier alpha value is -0.370. The lowest BCUT2D eigenvalue weighted by Crippen LogP contribution is -2.16. The third-order valence-corrected chi connectivity index (χ3v) is 4.13. The van der Waals surface area contributed by atoms with Crippen LogP contribution in [-0.2, 0) is 0 Å². The average Bonchev–Trinajstić information content (AvgIpc) is 2.79. The van der Waals surface area contributed by atoms with Gasteiger partial charge in [-0.2, -0.15) is 0 Å². The molecule has 1 saturated heterocycles. The number of likely N-dealkylation sites (tertiary alicyclic amines) is 1. The molecule has 1 heterocycles. The summed E-state index contributed by atoms with van der Waals surface area (Å²) < 4.78 is 0. The van der Waals surface area contributed by atoms with E-state index in [1.165, 1.54) is 12.8 Å². The number of hydrogen-bond acceptors (Lipinski definition) is 1. The van der Waals surface area contributed by atoms with Gasteiger partial charge < -0.3 is 4.90 Å². The van der Waals surface area contributed by atoms with E-state index in [0.29, 0.717) is 15.1 Å². The zero-order valence-corrected chi connectivity index (χ0v) is 11.0. The van der Waals surface area contributed by atoms with Gasteiger partial charge in [0.15, 0.2) is 0 Å². The van der Waals surface area contributed by atoms with Crippen LogP contribution in [0.3, 0.4) is 0 Å². The van der Waals surface area contributed by atoms with Crippen molar-refractivity contribution < 1.29 is 0 Å². The molecule has 1 nitrogen and oxygen atoms in total. The maximum atomic E-state index is 6.17. The third-order valence-electron chi connectivity index (χ3n) is 2.83. The van der Waals surface area contributed by atoms with Crippen LogP contribution in [-0.4, -0.2) is 18.0 Å². The predicted molar refractivity (Wildman–Crippen MR) is 71.3 cm³/mol. The summed E-state index contributed by atoms with van der Waals surface area (Å²) in [5, 5.41) is 1.37. The Kier molecular flexibility index (Phi) is 3.68. The van der Waals surface area contributed by atoms with Crippen LogP contribution in [0.5, 0.6) is 0 Å². The monoisotopic (exact) mass is 275 g/mol. The lowest BCUT2D eigenvalue weighted by Gasteiger charge is -2.21. The molecule has 2 rings (SSSR count). The average molecular weight is 277 g/mol. The molecule has 0 aromatic heterocycles. The van der Waals surface area contributed by atoms with E-state index in [4.69, 9.17) is 34.8 Å². The maximum Gasteiger partial charge on any atom is 0.0785 e. The topological polar surface area (TPSA) is 3.24 Å². The van der Waals surface area contributed by atoms with Gasteiger partial charge in [-0.1, -0.05) is 41.4 Å². The van der Waals surface area contributed by atoms with Crippen molar-refractivity contribution in [1.82, 2.24) is 4.90 Å².